The maximum absolute atomic E-state index is 11.3. The summed E-state index contributed by atoms with van der Waals surface area (Å²) >= 11 is 0. The molecule has 1 heterocycles. The molecular weight excluding hydrogens is 414 g/mol. The summed E-state index contributed by atoms with van der Waals surface area (Å²) in [6, 6.07) is 16.4. The second-order valence-corrected chi connectivity index (χ2v) is 9.49. The Bertz CT molecular complexity index is 1030. The first kappa shape index (κ1) is 24.4. The van der Waals surface area contributed by atoms with Crippen LogP contribution in [0.2, 0.25) is 0 Å². The van der Waals surface area contributed by atoms with Crippen LogP contribution in [0.5, 0.6) is 0 Å². The average Bonchev–Trinajstić information content (AvgIpc) is 3.21. The van der Waals surface area contributed by atoms with Crippen LogP contribution in [0.15, 0.2) is 59.1 Å². The third-order valence-corrected chi connectivity index (χ3v) is 5.39. The molecule has 0 bridgehead atoms. The van der Waals surface area contributed by atoms with Crippen molar-refractivity contribution in [2.75, 3.05) is 23.3 Å². The molecule has 0 saturated carbocycles. The summed E-state index contributed by atoms with van der Waals surface area (Å²) in [5.74, 6) is 0.770. The Morgan fingerprint density at radius 3 is 2.30 bits per heavy atom. The fourth-order valence-electron chi connectivity index (χ4n) is 3.95. The van der Waals surface area contributed by atoms with Crippen molar-refractivity contribution in [2.24, 2.45) is 11.8 Å². The van der Waals surface area contributed by atoms with Gasteiger partial charge in [0.2, 0.25) is 0 Å². The van der Waals surface area contributed by atoms with Crippen LogP contribution in [-0.2, 0) is 4.79 Å². The SMILES string of the molecule is CC(C)CN(CC(C)C)c1ccc(C(C)CC(=O)O)cc1Nc1ncc(-c2ccccc2)o1. The first-order valence-corrected chi connectivity index (χ1v) is 11.6. The van der Waals surface area contributed by atoms with Crippen molar-refractivity contribution in [3.63, 3.8) is 0 Å². The number of nitrogens with one attached hydrogen (secondary N) is 1. The molecular formula is C27H35N3O3. The molecule has 0 amide bonds. The van der Waals surface area contributed by atoms with Crippen molar-refractivity contribution in [3.05, 3.63) is 60.3 Å². The number of rotatable bonds is 11. The molecule has 3 aromatic rings. The van der Waals surface area contributed by atoms with E-state index in [2.05, 4.69) is 49.0 Å². The zero-order chi connectivity index (χ0) is 24.0. The number of nitrogens with zero attached hydrogens (tertiary/aromatic N) is 2. The van der Waals surface area contributed by atoms with Crippen molar-refractivity contribution in [3.8, 4) is 11.3 Å². The quantitative estimate of drug-likeness (QED) is 0.336. The molecule has 0 fully saturated rings. The topological polar surface area (TPSA) is 78.6 Å². The molecule has 176 valence electrons. The minimum atomic E-state index is -0.803. The Hall–Kier alpha value is -3.28. The molecule has 0 aliphatic heterocycles. The minimum Gasteiger partial charge on any atom is -0.481 e. The number of hydrogen-bond acceptors (Lipinski definition) is 5. The second-order valence-electron chi connectivity index (χ2n) is 9.49. The lowest BCUT2D eigenvalue weighted by molar-refractivity contribution is -0.137. The lowest BCUT2D eigenvalue weighted by Crippen LogP contribution is -2.31. The summed E-state index contributed by atoms with van der Waals surface area (Å²) in [5, 5.41) is 12.6. The van der Waals surface area contributed by atoms with E-state index in [9.17, 15) is 9.90 Å². The molecule has 0 spiro atoms. The van der Waals surface area contributed by atoms with Gasteiger partial charge in [-0.2, -0.15) is 0 Å². The van der Waals surface area contributed by atoms with Gasteiger partial charge in [0.05, 0.1) is 24.0 Å². The summed E-state index contributed by atoms with van der Waals surface area (Å²) in [6.45, 7) is 12.6. The summed E-state index contributed by atoms with van der Waals surface area (Å²) in [7, 11) is 0. The molecule has 33 heavy (non-hydrogen) atoms. The predicted octanol–water partition coefficient (Wildman–Crippen LogP) is 6.78. The number of oxazole rings is 1. The summed E-state index contributed by atoms with van der Waals surface area (Å²) in [5.41, 5.74) is 3.85. The molecule has 0 aliphatic rings. The summed E-state index contributed by atoms with van der Waals surface area (Å²) in [4.78, 5) is 18.1. The smallest absolute Gasteiger partial charge is 0.303 e. The van der Waals surface area contributed by atoms with Crippen molar-refractivity contribution < 1.29 is 14.3 Å². The zero-order valence-electron chi connectivity index (χ0n) is 20.2. The Morgan fingerprint density at radius 2 is 1.70 bits per heavy atom. The van der Waals surface area contributed by atoms with Crippen LogP contribution < -0.4 is 10.2 Å². The molecule has 2 N–H and O–H groups in total. The Labute approximate surface area is 196 Å². The number of carbonyl (C=O) groups is 1. The molecule has 1 aromatic heterocycles. The first-order valence-electron chi connectivity index (χ1n) is 11.6. The highest BCUT2D eigenvalue weighted by Crippen LogP contribution is 2.35. The number of carboxylic acid groups (broad SMARTS) is 1. The third kappa shape index (κ3) is 6.85. The summed E-state index contributed by atoms with van der Waals surface area (Å²) < 4.78 is 6.00. The van der Waals surface area contributed by atoms with Crippen molar-refractivity contribution in [1.29, 1.82) is 0 Å². The molecule has 2 aromatic carbocycles. The van der Waals surface area contributed by atoms with Crippen molar-refractivity contribution >= 4 is 23.4 Å². The normalized spacial score (nSPS) is 12.2. The monoisotopic (exact) mass is 449 g/mol. The van der Waals surface area contributed by atoms with Gasteiger partial charge < -0.3 is 19.7 Å². The average molecular weight is 450 g/mol. The van der Waals surface area contributed by atoms with E-state index in [0.717, 1.165) is 35.6 Å². The van der Waals surface area contributed by atoms with E-state index in [-0.39, 0.29) is 12.3 Å². The van der Waals surface area contributed by atoms with Crippen LogP contribution in [-0.4, -0.2) is 29.1 Å². The maximum Gasteiger partial charge on any atom is 0.303 e. The number of aliphatic carboxylic acids is 1. The van der Waals surface area contributed by atoms with Crippen LogP contribution in [0.3, 0.4) is 0 Å². The predicted molar refractivity (Wildman–Crippen MR) is 134 cm³/mol. The van der Waals surface area contributed by atoms with Crippen molar-refractivity contribution in [2.45, 2.75) is 47.0 Å². The largest absolute Gasteiger partial charge is 0.481 e. The molecule has 0 radical (unpaired) electrons. The molecule has 1 atom stereocenters. The lowest BCUT2D eigenvalue weighted by Gasteiger charge is -2.31. The number of carboxylic acids is 1. The Morgan fingerprint density at radius 1 is 1.03 bits per heavy atom. The van der Waals surface area contributed by atoms with Gasteiger partial charge in [-0.15, -0.1) is 0 Å². The highest BCUT2D eigenvalue weighted by atomic mass is 16.4. The lowest BCUT2D eigenvalue weighted by atomic mass is 9.96. The number of anilines is 3. The van der Waals surface area contributed by atoms with E-state index in [1.54, 1.807) is 6.20 Å². The standard InChI is InChI=1S/C27H35N3O3/c1-18(2)16-30(17-19(3)4)24-12-11-22(20(5)13-26(31)32)14-23(24)29-27-28-15-25(33-27)21-9-7-6-8-10-21/h6-12,14-15,18-20H,13,16-17H2,1-5H3,(H,28,29)(H,31,32). The van der Waals surface area contributed by atoms with E-state index < -0.39 is 5.97 Å². The van der Waals surface area contributed by atoms with E-state index in [0.29, 0.717) is 23.6 Å². The van der Waals surface area contributed by atoms with Gasteiger partial charge in [0.25, 0.3) is 6.01 Å². The van der Waals surface area contributed by atoms with Gasteiger partial charge in [0.15, 0.2) is 5.76 Å². The molecule has 6 nitrogen and oxygen atoms in total. The van der Waals surface area contributed by atoms with Gasteiger partial charge in [-0.3, -0.25) is 4.79 Å². The van der Waals surface area contributed by atoms with Gasteiger partial charge in [0.1, 0.15) is 0 Å². The molecule has 0 saturated heterocycles. The van der Waals surface area contributed by atoms with Gasteiger partial charge >= 0.3 is 5.97 Å². The molecule has 3 rings (SSSR count). The highest BCUT2D eigenvalue weighted by molar-refractivity contribution is 5.75. The van der Waals surface area contributed by atoms with Crippen LogP contribution in [0.4, 0.5) is 17.4 Å². The van der Waals surface area contributed by atoms with Gasteiger partial charge in [0, 0.05) is 18.7 Å². The van der Waals surface area contributed by atoms with E-state index in [4.69, 9.17) is 4.42 Å². The number of aromatic nitrogens is 1. The Kier molecular flexibility index (Phi) is 8.15. The summed E-state index contributed by atoms with van der Waals surface area (Å²) in [6.07, 6.45) is 1.80. The molecule has 6 heteroatoms. The fourth-order valence-corrected chi connectivity index (χ4v) is 3.95. The van der Waals surface area contributed by atoms with E-state index in [1.807, 2.05) is 49.4 Å². The third-order valence-electron chi connectivity index (χ3n) is 5.39. The maximum atomic E-state index is 11.3. The highest BCUT2D eigenvalue weighted by Gasteiger charge is 2.19. The van der Waals surface area contributed by atoms with E-state index >= 15 is 0 Å². The molecule has 0 aliphatic carbocycles. The van der Waals surface area contributed by atoms with Gasteiger partial charge in [-0.1, -0.05) is 71.0 Å². The first-order chi connectivity index (χ1) is 15.7. The van der Waals surface area contributed by atoms with Crippen LogP contribution in [0.25, 0.3) is 11.3 Å². The Balaban J connectivity index is 1.98. The van der Waals surface area contributed by atoms with Crippen LogP contribution in [0, 0.1) is 11.8 Å². The van der Waals surface area contributed by atoms with Gasteiger partial charge in [-0.05, 0) is 35.4 Å². The molecule has 1 unspecified atom stereocenters. The number of benzene rings is 2. The second kappa shape index (κ2) is 11.0. The van der Waals surface area contributed by atoms with E-state index in [1.165, 1.54) is 0 Å². The zero-order valence-corrected chi connectivity index (χ0v) is 20.2. The number of hydrogen-bond donors (Lipinski definition) is 2. The fraction of sp³-hybridized carbons (Fsp3) is 0.407. The minimum absolute atomic E-state index is 0.0810. The van der Waals surface area contributed by atoms with Crippen LogP contribution in [0.1, 0.15) is 52.5 Å². The van der Waals surface area contributed by atoms with Crippen molar-refractivity contribution in [1.82, 2.24) is 4.98 Å². The van der Waals surface area contributed by atoms with Crippen LogP contribution >= 0.6 is 0 Å². The van der Waals surface area contributed by atoms with Gasteiger partial charge in [-0.25, -0.2) is 4.98 Å².